The van der Waals surface area contributed by atoms with E-state index in [1.165, 1.54) is 0 Å². The fourth-order valence-electron chi connectivity index (χ4n) is 2.12. The third-order valence-electron chi connectivity index (χ3n) is 3.37. The molecule has 1 aromatic rings. The molecule has 0 bridgehead atoms. The summed E-state index contributed by atoms with van der Waals surface area (Å²) >= 11 is 0. The highest BCUT2D eigenvalue weighted by atomic mass is 31.1. The van der Waals surface area contributed by atoms with Crippen molar-refractivity contribution in [3.8, 4) is 0 Å². The Hall–Kier alpha value is -1.71. The summed E-state index contributed by atoms with van der Waals surface area (Å²) < 4.78 is 22.4. The molecule has 1 aliphatic rings. The first-order valence-corrected chi connectivity index (χ1v) is 8.02. The van der Waals surface area contributed by atoms with Crippen LogP contribution in [-0.4, -0.2) is 18.0 Å². The molecular weight excluding hydrogens is 289 g/mol. The third-order valence-corrected chi connectivity index (χ3v) is 5.14. The van der Waals surface area contributed by atoms with E-state index in [2.05, 4.69) is 11.9 Å². The molecule has 1 amide bonds. The number of ether oxygens (including phenoxy) is 1. The van der Waals surface area contributed by atoms with Gasteiger partial charge in [0.05, 0.1) is 12.5 Å². The Labute approximate surface area is 125 Å². The maximum absolute atomic E-state index is 12.1. The standard InChI is InChI=1S/C15H18NO4P/c1-3-13-10-15(13,21(18)20-4-2)16-14(17)19-11-12-8-6-5-7-9-12/h3,5-9,13H,1,4,10-11H2,2H3/p+1/t13-,15+/m1/s1. The summed E-state index contributed by atoms with van der Waals surface area (Å²) in [5.41, 5.74) is 0.895. The molecule has 112 valence electrons. The van der Waals surface area contributed by atoms with Crippen molar-refractivity contribution in [1.29, 1.82) is 0 Å². The molecule has 1 fully saturated rings. The molecule has 21 heavy (non-hydrogen) atoms. The highest BCUT2D eigenvalue weighted by Gasteiger charge is 2.71. The average molecular weight is 308 g/mol. The highest BCUT2D eigenvalue weighted by Crippen LogP contribution is 2.60. The van der Waals surface area contributed by atoms with Crippen molar-refractivity contribution < 1.29 is 18.6 Å². The second-order valence-corrected chi connectivity index (χ2v) is 6.40. The minimum Gasteiger partial charge on any atom is -0.445 e. The van der Waals surface area contributed by atoms with Crippen molar-refractivity contribution in [3.63, 3.8) is 0 Å². The molecular formula is C15H19NO4P+. The summed E-state index contributed by atoms with van der Waals surface area (Å²) in [4.78, 5) is 11.9. The van der Waals surface area contributed by atoms with Gasteiger partial charge in [0.25, 0.3) is 5.28 Å². The molecule has 3 atom stereocenters. The van der Waals surface area contributed by atoms with Crippen LogP contribution in [0.2, 0.25) is 0 Å². The Bertz CT molecular complexity index is 534. The number of nitrogens with one attached hydrogen (secondary N) is 1. The van der Waals surface area contributed by atoms with Gasteiger partial charge in [0.15, 0.2) is 0 Å². The summed E-state index contributed by atoms with van der Waals surface area (Å²) in [5.74, 6) is -0.0445. The number of benzene rings is 1. The van der Waals surface area contributed by atoms with Crippen LogP contribution >= 0.6 is 8.03 Å². The Morgan fingerprint density at radius 3 is 2.81 bits per heavy atom. The molecule has 1 aromatic carbocycles. The lowest BCUT2D eigenvalue weighted by Gasteiger charge is -2.09. The molecule has 6 heteroatoms. The fraction of sp³-hybridized carbons (Fsp3) is 0.400. The van der Waals surface area contributed by atoms with Crippen molar-refractivity contribution in [1.82, 2.24) is 5.32 Å². The van der Waals surface area contributed by atoms with Crippen LogP contribution in [0, 0.1) is 5.92 Å². The first-order valence-electron chi connectivity index (χ1n) is 6.84. The van der Waals surface area contributed by atoms with Crippen molar-refractivity contribution in [2.45, 2.75) is 25.2 Å². The summed E-state index contributed by atoms with van der Waals surface area (Å²) in [5, 5.41) is 1.82. The Balaban J connectivity index is 1.91. The van der Waals surface area contributed by atoms with E-state index >= 15 is 0 Å². The van der Waals surface area contributed by atoms with E-state index in [0.717, 1.165) is 5.56 Å². The maximum atomic E-state index is 12.1. The smallest absolute Gasteiger partial charge is 0.445 e. The molecule has 5 nitrogen and oxygen atoms in total. The zero-order valence-electron chi connectivity index (χ0n) is 12.0. The van der Waals surface area contributed by atoms with E-state index in [1.807, 2.05) is 30.3 Å². The van der Waals surface area contributed by atoms with E-state index < -0.39 is 19.4 Å². The van der Waals surface area contributed by atoms with Crippen molar-refractivity contribution >= 4 is 14.1 Å². The molecule has 1 unspecified atom stereocenters. The van der Waals surface area contributed by atoms with Crippen LogP contribution in [0.4, 0.5) is 4.79 Å². The second-order valence-electron chi connectivity index (χ2n) is 4.83. The Kier molecular flexibility index (Phi) is 5.10. The van der Waals surface area contributed by atoms with Gasteiger partial charge in [0.1, 0.15) is 6.61 Å². The van der Waals surface area contributed by atoms with Crippen molar-refractivity contribution in [2.75, 3.05) is 6.61 Å². The first kappa shape index (κ1) is 15.7. The maximum Gasteiger partial charge on any atom is 0.537 e. The molecule has 0 heterocycles. The van der Waals surface area contributed by atoms with Gasteiger partial charge < -0.3 is 4.74 Å². The minimum atomic E-state index is -1.99. The molecule has 0 radical (unpaired) electrons. The van der Waals surface area contributed by atoms with E-state index in [1.54, 1.807) is 13.0 Å². The SMILES string of the molecule is C=C[C@@H]1C[C@]1(NC(=O)OCc1ccccc1)[P+](=O)OCC. The summed E-state index contributed by atoms with van der Waals surface area (Å²) in [7, 11) is -1.99. The molecule has 0 spiro atoms. The number of carbonyl (C=O) groups is 1. The van der Waals surface area contributed by atoms with Gasteiger partial charge in [-0.15, -0.1) is 11.1 Å². The second kappa shape index (κ2) is 6.83. The normalized spacial score (nSPS) is 24.0. The molecule has 1 N–H and O–H groups in total. The largest absolute Gasteiger partial charge is 0.537 e. The van der Waals surface area contributed by atoms with Gasteiger partial charge in [-0.1, -0.05) is 36.4 Å². The Morgan fingerprint density at radius 1 is 1.52 bits per heavy atom. The number of hydrogen-bond acceptors (Lipinski definition) is 4. The van der Waals surface area contributed by atoms with Crippen LogP contribution in [0.15, 0.2) is 43.0 Å². The van der Waals surface area contributed by atoms with Crippen molar-refractivity contribution in [3.05, 3.63) is 48.6 Å². The van der Waals surface area contributed by atoms with Gasteiger partial charge >= 0.3 is 14.1 Å². The van der Waals surface area contributed by atoms with Crippen LogP contribution in [0.25, 0.3) is 0 Å². The Morgan fingerprint density at radius 2 is 2.24 bits per heavy atom. The first-order chi connectivity index (χ1) is 10.1. The number of amides is 1. The summed E-state index contributed by atoms with van der Waals surface area (Å²) in [6.07, 6.45) is 1.65. The quantitative estimate of drug-likeness (QED) is 0.617. The number of alkyl carbamates (subject to hydrolysis) is 1. The van der Waals surface area contributed by atoms with Crippen LogP contribution in [0.5, 0.6) is 0 Å². The third kappa shape index (κ3) is 3.69. The lowest BCUT2D eigenvalue weighted by molar-refractivity contribution is 0.136. The van der Waals surface area contributed by atoms with Gasteiger partial charge in [-0.05, 0) is 17.1 Å². The van der Waals surface area contributed by atoms with E-state index in [0.29, 0.717) is 13.0 Å². The molecule has 0 saturated heterocycles. The monoisotopic (exact) mass is 308 g/mol. The van der Waals surface area contributed by atoms with Crippen LogP contribution in [0.3, 0.4) is 0 Å². The predicted molar refractivity (Wildman–Crippen MR) is 80.0 cm³/mol. The summed E-state index contributed by atoms with van der Waals surface area (Å²) in [6.45, 7) is 5.96. The zero-order valence-corrected chi connectivity index (χ0v) is 12.8. The van der Waals surface area contributed by atoms with Gasteiger partial charge in [0.2, 0.25) is 0 Å². The average Bonchev–Trinajstić information content (AvgIpc) is 3.21. The van der Waals surface area contributed by atoms with Crippen LogP contribution < -0.4 is 5.32 Å². The molecule has 0 aromatic heterocycles. The lowest BCUT2D eigenvalue weighted by atomic mass is 10.2. The van der Waals surface area contributed by atoms with E-state index in [9.17, 15) is 9.36 Å². The number of rotatable bonds is 7. The molecule has 1 aliphatic carbocycles. The highest BCUT2D eigenvalue weighted by molar-refractivity contribution is 7.41. The fourth-order valence-corrected chi connectivity index (χ4v) is 3.49. The van der Waals surface area contributed by atoms with Crippen LogP contribution in [0.1, 0.15) is 18.9 Å². The minimum absolute atomic E-state index is 0.0445. The predicted octanol–water partition coefficient (Wildman–Crippen LogP) is 3.59. The number of hydrogen-bond donors (Lipinski definition) is 1. The molecule has 0 aliphatic heterocycles. The molecule has 2 rings (SSSR count). The topological polar surface area (TPSA) is 64.6 Å². The van der Waals surface area contributed by atoms with Gasteiger partial charge in [-0.2, -0.15) is 0 Å². The van der Waals surface area contributed by atoms with Gasteiger partial charge in [-0.3, -0.25) is 5.32 Å². The van der Waals surface area contributed by atoms with Crippen molar-refractivity contribution in [2.24, 2.45) is 5.92 Å². The number of carbonyl (C=O) groups excluding carboxylic acids is 1. The van der Waals surface area contributed by atoms with E-state index in [-0.39, 0.29) is 12.5 Å². The summed E-state index contributed by atoms with van der Waals surface area (Å²) in [6, 6.07) is 9.38. The molecule has 1 saturated carbocycles. The van der Waals surface area contributed by atoms with Crippen LogP contribution in [-0.2, 0) is 20.4 Å². The van der Waals surface area contributed by atoms with Gasteiger partial charge in [-0.25, -0.2) is 4.79 Å². The lowest BCUT2D eigenvalue weighted by Crippen LogP contribution is -2.36. The zero-order chi connectivity index (χ0) is 15.3. The van der Waals surface area contributed by atoms with E-state index in [4.69, 9.17) is 9.26 Å². The van der Waals surface area contributed by atoms with Gasteiger partial charge in [0, 0.05) is 6.42 Å².